The van der Waals surface area contributed by atoms with Gasteiger partial charge in [0.2, 0.25) is 5.89 Å². The molecule has 1 fully saturated rings. The summed E-state index contributed by atoms with van der Waals surface area (Å²) >= 11 is 0. The summed E-state index contributed by atoms with van der Waals surface area (Å²) in [7, 11) is 0. The summed E-state index contributed by atoms with van der Waals surface area (Å²) < 4.78 is 13.5. The van der Waals surface area contributed by atoms with Crippen LogP contribution in [-0.2, 0) is 4.74 Å². The lowest BCUT2D eigenvalue weighted by Crippen LogP contribution is -2.18. The maximum atomic E-state index is 5.85. The van der Waals surface area contributed by atoms with Crippen molar-refractivity contribution in [2.24, 2.45) is 0 Å². The Labute approximate surface area is 128 Å². The van der Waals surface area contributed by atoms with Crippen molar-refractivity contribution in [1.29, 1.82) is 0 Å². The van der Waals surface area contributed by atoms with Gasteiger partial charge in [-0.15, -0.1) is 0 Å². The molecule has 5 nitrogen and oxygen atoms in total. The van der Waals surface area contributed by atoms with Crippen LogP contribution in [-0.4, -0.2) is 21.4 Å². The van der Waals surface area contributed by atoms with E-state index in [9.17, 15) is 0 Å². The molecule has 1 aromatic carbocycles. The van der Waals surface area contributed by atoms with E-state index in [1.165, 1.54) is 6.42 Å². The molecule has 3 heterocycles. The van der Waals surface area contributed by atoms with E-state index in [0.29, 0.717) is 5.89 Å². The van der Waals surface area contributed by atoms with Gasteiger partial charge in [-0.1, -0.05) is 30.3 Å². The first-order valence-corrected chi connectivity index (χ1v) is 7.57. The van der Waals surface area contributed by atoms with E-state index in [1.54, 1.807) is 12.4 Å². The highest BCUT2D eigenvalue weighted by molar-refractivity contribution is 5.60. The molecule has 5 heteroatoms. The number of aromatic nitrogens is 3. The molecule has 4 rings (SSSR count). The Morgan fingerprint density at radius 2 is 1.95 bits per heavy atom. The second-order valence-electron chi connectivity index (χ2n) is 5.43. The molecule has 1 aliphatic rings. The van der Waals surface area contributed by atoms with Crippen molar-refractivity contribution in [1.82, 2.24) is 14.8 Å². The van der Waals surface area contributed by atoms with Crippen LogP contribution in [0.25, 0.3) is 22.8 Å². The van der Waals surface area contributed by atoms with Gasteiger partial charge in [0.15, 0.2) is 5.76 Å². The lowest BCUT2D eigenvalue weighted by atomic mass is 10.2. The van der Waals surface area contributed by atoms with E-state index in [1.807, 2.05) is 41.2 Å². The van der Waals surface area contributed by atoms with Gasteiger partial charge in [-0.05, 0) is 19.3 Å². The second-order valence-corrected chi connectivity index (χ2v) is 5.43. The highest BCUT2D eigenvalue weighted by atomic mass is 16.5. The van der Waals surface area contributed by atoms with Gasteiger partial charge < -0.3 is 9.15 Å². The summed E-state index contributed by atoms with van der Waals surface area (Å²) in [4.78, 5) is 4.36. The third-order valence-electron chi connectivity index (χ3n) is 3.86. The molecule has 22 heavy (non-hydrogen) atoms. The average molecular weight is 295 g/mol. The number of hydrogen-bond donors (Lipinski definition) is 0. The van der Waals surface area contributed by atoms with Crippen LogP contribution in [0.15, 0.2) is 53.3 Å². The fourth-order valence-electron chi connectivity index (χ4n) is 2.68. The Hall–Kier alpha value is -2.40. The van der Waals surface area contributed by atoms with Crippen molar-refractivity contribution in [3.8, 4) is 22.8 Å². The molecule has 2 aromatic heterocycles. The van der Waals surface area contributed by atoms with Crippen LogP contribution in [0.4, 0.5) is 0 Å². The lowest BCUT2D eigenvalue weighted by Gasteiger charge is -2.22. The molecule has 0 saturated carbocycles. The smallest absolute Gasteiger partial charge is 0.229 e. The van der Waals surface area contributed by atoms with E-state index in [2.05, 4.69) is 10.1 Å². The zero-order chi connectivity index (χ0) is 14.8. The lowest BCUT2D eigenvalue weighted by molar-refractivity contribution is -0.0394. The average Bonchev–Trinajstić information content (AvgIpc) is 3.26. The molecule has 0 aliphatic carbocycles. The van der Waals surface area contributed by atoms with Gasteiger partial charge in [0.05, 0.1) is 18.0 Å². The third-order valence-corrected chi connectivity index (χ3v) is 3.86. The number of hydrogen-bond acceptors (Lipinski definition) is 4. The number of benzene rings is 1. The van der Waals surface area contributed by atoms with Gasteiger partial charge in [0.1, 0.15) is 6.23 Å². The molecule has 0 radical (unpaired) electrons. The molecule has 1 aliphatic heterocycles. The minimum absolute atomic E-state index is 0.0334. The Morgan fingerprint density at radius 1 is 1.05 bits per heavy atom. The second kappa shape index (κ2) is 5.77. The predicted molar refractivity (Wildman–Crippen MR) is 82.0 cm³/mol. The van der Waals surface area contributed by atoms with Gasteiger partial charge in [0.25, 0.3) is 0 Å². The van der Waals surface area contributed by atoms with E-state index >= 15 is 0 Å². The first-order valence-electron chi connectivity index (χ1n) is 7.57. The molecular formula is C17H17N3O2. The molecule has 3 aromatic rings. The minimum atomic E-state index is 0.0334. The number of oxazole rings is 1. The van der Waals surface area contributed by atoms with Crippen molar-refractivity contribution >= 4 is 0 Å². The number of ether oxygens (including phenoxy) is 1. The summed E-state index contributed by atoms with van der Waals surface area (Å²) in [6, 6.07) is 9.95. The normalized spacial score (nSPS) is 18.5. The summed E-state index contributed by atoms with van der Waals surface area (Å²) in [5.41, 5.74) is 1.89. The SMILES string of the molecule is c1ccc(-c2cnc(-c3cnn(C4CCCCO4)c3)o2)cc1. The van der Waals surface area contributed by atoms with E-state index in [4.69, 9.17) is 9.15 Å². The molecule has 1 atom stereocenters. The predicted octanol–water partition coefficient (Wildman–Crippen LogP) is 3.90. The van der Waals surface area contributed by atoms with E-state index < -0.39 is 0 Å². The molecular weight excluding hydrogens is 278 g/mol. The quantitative estimate of drug-likeness (QED) is 0.735. The number of rotatable bonds is 3. The van der Waals surface area contributed by atoms with Gasteiger partial charge >= 0.3 is 0 Å². The maximum absolute atomic E-state index is 5.85. The standard InChI is InChI=1S/C17H17N3O2/c1-2-6-13(7-3-1)15-11-18-17(22-15)14-10-19-20(12-14)16-8-4-5-9-21-16/h1-3,6-7,10-12,16H,4-5,8-9H2. The van der Waals surface area contributed by atoms with Gasteiger partial charge in [0, 0.05) is 18.4 Å². The van der Waals surface area contributed by atoms with E-state index in [0.717, 1.165) is 36.3 Å². The van der Waals surface area contributed by atoms with Gasteiger partial charge in [-0.3, -0.25) is 0 Å². The summed E-state index contributed by atoms with van der Waals surface area (Å²) in [5.74, 6) is 1.35. The summed E-state index contributed by atoms with van der Waals surface area (Å²) in [6.07, 6.45) is 8.81. The first-order chi connectivity index (χ1) is 10.9. The van der Waals surface area contributed by atoms with Crippen LogP contribution in [0.2, 0.25) is 0 Å². The molecule has 0 N–H and O–H groups in total. The summed E-state index contributed by atoms with van der Waals surface area (Å²) in [5, 5.41) is 4.39. The van der Waals surface area contributed by atoms with Gasteiger partial charge in [-0.25, -0.2) is 9.67 Å². The molecule has 0 amide bonds. The molecule has 1 saturated heterocycles. The highest BCUT2D eigenvalue weighted by Crippen LogP contribution is 2.27. The maximum Gasteiger partial charge on any atom is 0.229 e. The monoisotopic (exact) mass is 295 g/mol. The molecule has 1 unspecified atom stereocenters. The van der Waals surface area contributed by atoms with Crippen molar-refractivity contribution in [2.75, 3.05) is 6.61 Å². The van der Waals surface area contributed by atoms with Crippen LogP contribution in [0.1, 0.15) is 25.5 Å². The first kappa shape index (κ1) is 13.3. The van der Waals surface area contributed by atoms with Crippen molar-refractivity contribution in [3.05, 3.63) is 48.9 Å². The Bertz CT molecular complexity index is 742. The molecule has 112 valence electrons. The Kier molecular flexibility index (Phi) is 3.48. The van der Waals surface area contributed by atoms with Crippen LogP contribution in [0, 0.1) is 0 Å². The largest absolute Gasteiger partial charge is 0.436 e. The summed E-state index contributed by atoms with van der Waals surface area (Å²) in [6.45, 7) is 0.803. The van der Waals surface area contributed by atoms with Gasteiger partial charge in [-0.2, -0.15) is 5.10 Å². The zero-order valence-corrected chi connectivity index (χ0v) is 12.2. The molecule has 0 spiro atoms. The van der Waals surface area contributed by atoms with Crippen LogP contribution in [0.3, 0.4) is 0 Å². The van der Waals surface area contributed by atoms with Crippen molar-refractivity contribution in [3.63, 3.8) is 0 Å². The van der Waals surface area contributed by atoms with Crippen LogP contribution in [0.5, 0.6) is 0 Å². The fraction of sp³-hybridized carbons (Fsp3) is 0.294. The highest BCUT2D eigenvalue weighted by Gasteiger charge is 2.18. The minimum Gasteiger partial charge on any atom is -0.436 e. The number of nitrogens with zero attached hydrogens (tertiary/aromatic N) is 3. The third kappa shape index (κ3) is 2.55. The topological polar surface area (TPSA) is 53.1 Å². The zero-order valence-electron chi connectivity index (χ0n) is 12.2. The molecule has 0 bridgehead atoms. The van der Waals surface area contributed by atoms with Crippen LogP contribution >= 0.6 is 0 Å². The fourth-order valence-corrected chi connectivity index (χ4v) is 2.68. The van der Waals surface area contributed by atoms with Crippen LogP contribution < -0.4 is 0 Å². The Morgan fingerprint density at radius 3 is 2.77 bits per heavy atom. The van der Waals surface area contributed by atoms with Crippen molar-refractivity contribution < 1.29 is 9.15 Å². The van der Waals surface area contributed by atoms with Crippen molar-refractivity contribution in [2.45, 2.75) is 25.5 Å². The van der Waals surface area contributed by atoms with E-state index in [-0.39, 0.29) is 6.23 Å². The Balaban J connectivity index is 1.58.